The van der Waals surface area contributed by atoms with Crippen LogP contribution in [0.1, 0.15) is 30.4 Å². The highest BCUT2D eigenvalue weighted by Crippen LogP contribution is 2.40. The largest absolute Gasteiger partial charge is 0.404 e. The maximum absolute atomic E-state index is 9.63. The molecule has 2 fully saturated rings. The summed E-state index contributed by atoms with van der Waals surface area (Å²) >= 11 is 0. The first kappa shape index (κ1) is 21.2. The minimum absolute atomic E-state index is 0.428. The van der Waals surface area contributed by atoms with E-state index in [-0.39, 0.29) is 0 Å². The highest BCUT2D eigenvalue weighted by Gasteiger charge is 2.39. The van der Waals surface area contributed by atoms with Crippen LogP contribution in [-0.4, -0.2) is 54.0 Å². The number of nitrogens with one attached hydrogen (secondary N) is 1. The van der Waals surface area contributed by atoms with E-state index in [1.165, 1.54) is 25.5 Å². The van der Waals surface area contributed by atoms with E-state index < -0.39 is 0 Å². The van der Waals surface area contributed by atoms with E-state index in [9.17, 15) is 5.26 Å². The second-order valence-electron chi connectivity index (χ2n) is 8.94. The van der Waals surface area contributed by atoms with Gasteiger partial charge in [0, 0.05) is 67.2 Å². The Labute approximate surface area is 193 Å². The Morgan fingerprint density at radius 3 is 2.82 bits per heavy atom. The molecule has 3 aromatic heterocycles. The predicted molar refractivity (Wildman–Crippen MR) is 131 cm³/mol. The van der Waals surface area contributed by atoms with E-state index in [0.717, 1.165) is 59.8 Å². The summed E-state index contributed by atoms with van der Waals surface area (Å²) in [6, 6.07) is 8.45. The molecule has 2 aliphatic rings. The Kier molecular flexibility index (Phi) is 5.56. The number of pyridine rings is 2. The summed E-state index contributed by atoms with van der Waals surface area (Å²) in [5.74, 6) is 1.01. The average Bonchev–Trinajstić information content (AvgIpc) is 3.47. The first-order chi connectivity index (χ1) is 16.2. The zero-order chi connectivity index (χ0) is 22.8. The molecule has 0 amide bonds. The molecular weight excluding hydrogens is 412 g/mol. The molecule has 0 aliphatic carbocycles. The van der Waals surface area contributed by atoms with Crippen LogP contribution in [0.15, 0.2) is 48.0 Å². The van der Waals surface area contributed by atoms with Crippen LogP contribution in [0, 0.1) is 16.7 Å². The number of anilines is 1. The molecule has 3 N–H and O–H groups in total. The van der Waals surface area contributed by atoms with E-state index in [0.29, 0.717) is 11.0 Å². The van der Waals surface area contributed by atoms with E-state index in [4.69, 9.17) is 10.7 Å². The first-order valence-electron chi connectivity index (χ1n) is 11.3. The van der Waals surface area contributed by atoms with Gasteiger partial charge < -0.3 is 16.0 Å². The van der Waals surface area contributed by atoms with Gasteiger partial charge in [-0.2, -0.15) is 10.4 Å². The zero-order valence-electron chi connectivity index (χ0n) is 18.8. The number of hydrogen-bond acceptors (Lipinski definition) is 7. The first-order valence-corrected chi connectivity index (χ1v) is 11.3. The normalized spacial score (nSPS) is 18.4. The quantitative estimate of drug-likeness (QED) is 0.604. The summed E-state index contributed by atoms with van der Waals surface area (Å²) in [5.41, 5.74) is 11.0. The fourth-order valence-electron chi connectivity index (χ4n) is 5.16. The Morgan fingerprint density at radius 1 is 1.27 bits per heavy atom. The van der Waals surface area contributed by atoms with Crippen molar-refractivity contribution < 1.29 is 0 Å². The third-order valence-corrected chi connectivity index (χ3v) is 7.00. The second-order valence-corrected chi connectivity index (χ2v) is 8.94. The van der Waals surface area contributed by atoms with Gasteiger partial charge in [0.05, 0.1) is 17.3 Å². The maximum Gasteiger partial charge on any atom is 0.128 e. The van der Waals surface area contributed by atoms with Gasteiger partial charge >= 0.3 is 0 Å². The van der Waals surface area contributed by atoms with Crippen LogP contribution < -0.4 is 16.0 Å². The van der Waals surface area contributed by atoms with Gasteiger partial charge in [-0.1, -0.05) is 0 Å². The molecule has 8 nitrogen and oxygen atoms in total. The summed E-state index contributed by atoms with van der Waals surface area (Å²) in [5, 5.41) is 17.5. The fourth-order valence-corrected chi connectivity index (χ4v) is 5.16. The molecule has 3 aromatic rings. The topological polar surface area (TPSA) is 108 Å². The summed E-state index contributed by atoms with van der Waals surface area (Å²) in [7, 11) is 1.71. The smallest absolute Gasteiger partial charge is 0.128 e. The number of hydrogen-bond donors (Lipinski definition) is 2. The number of aromatic nitrogens is 3. The minimum atomic E-state index is 0.428. The Morgan fingerprint density at radius 2 is 2.12 bits per heavy atom. The van der Waals surface area contributed by atoms with Gasteiger partial charge in [0.1, 0.15) is 11.9 Å². The second kappa shape index (κ2) is 8.68. The third-order valence-electron chi connectivity index (χ3n) is 7.00. The van der Waals surface area contributed by atoms with Crippen LogP contribution in [0.25, 0.3) is 22.2 Å². The van der Waals surface area contributed by atoms with E-state index >= 15 is 0 Å². The van der Waals surface area contributed by atoms with Crippen molar-refractivity contribution in [2.45, 2.75) is 19.3 Å². The molecule has 2 saturated heterocycles. The van der Waals surface area contributed by atoms with Crippen LogP contribution in [0.2, 0.25) is 0 Å². The fraction of sp³-hybridized carbons (Fsp3) is 0.360. The number of piperidine rings is 1. The van der Waals surface area contributed by atoms with Crippen molar-refractivity contribution >= 4 is 23.1 Å². The van der Waals surface area contributed by atoms with Crippen LogP contribution in [0.4, 0.5) is 5.82 Å². The molecule has 0 aromatic carbocycles. The highest BCUT2D eigenvalue weighted by molar-refractivity contribution is 6.10. The van der Waals surface area contributed by atoms with E-state index in [2.05, 4.69) is 38.5 Å². The summed E-state index contributed by atoms with van der Waals surface area (Å²) in [4.78, 5) is 11.3. The summed E-state index contributed by atoms with van der Waals surface area (Å²) < 4.78 is 1.73. The highest BCUT2D eigenvalue weighted by atomic mass is 15.2. The molecule has 168 valence electrons. The molecule has 0 saturated carbocycles. The van der Waals surface area contributed by atoms with Crippen molar-refractivity contribution in [3.63, 3.8) is 0 Å². The number of allylic oxidation sites excluding steroid dienone is 1. The standard InChI is InChI=1S/C25H28N8/c1-28-13-20(11-26)19-10-22(24-21(12-27)15-31-33(24)16-19)18-2-3-23(30-14-18)32-9-6-25(17-32)4-7-29-8-5-25/h2-3,10-11,13-16,29H,4-9,17,26H2,1H3. The van der Waals surface area contributed by atoms with Gasteiger partial charge in [-0.15, -0.1) is 0 Å². The van der Waals surface area contributed by atoms with Crippen LogP contribution in [-0.2, 0) is 0 Å². The number of rotatable bonds is 4. The Bertz CT molecular complexity index is 1260. The lowest BCUT2D eigenvalue weighted by atomic mass is 9.78. The van der Waals surface area contributed by atoms with Crippen molar-refractivity contribution in [1.29, 1.82) is 5.26 Å². The summed E-state index contributed by atoms with van der Waals surface area (Å²) in [6.07, 6.45) is 12.3. The van der Waals surface area contributed by atoms with Crippen molar-refractivity contribution in [2.75, 3.05) is 38.1 Å². The Hall–Kier alpha value is -3.70. The lowest BCUT2D eigenvalue weighted by Crippen LogP contribution is -2.38. The van der Waals surface area contributed by atoms with Crippen molar-refractivity contribution in [2.24, 2.45) is 16.1 Å². The molecule has 5 rings (SSSR count). The minimum Gasteiger partial charge on any atom is -0.404 e. The lowest BCUT2D eigenvalue weighted by molar-refractivity contribution is 0.232. The number of nitrogens with two attached hydrogens (primary N) is 1. The van der Waals surface area contributed by atoms with Gasteiger partial charge in [0.2, 0.25) is 0 Å². The molecule has 0 unspecified atom stereocenters. The average molecular weight is 441 g/mol. The molecule has 2 aliphatic heterocycles. The molecule has 0 radical (unpaired) electrons. The number of nitriles is 1. The predicted octanol–water partition coefficient (Wildman–Crippen LogP) is 2.85. The van der Waals surface area contributed by atoms with Crippen LogP contribution in [0.3, 0.4) is 0 Å². The van der Waals surface area contributed by atoms with Gasteiger partial charge in [-0.25, -0.2) is 9.50 Å². The van der Waals surface area contributed by atoms with Crippen molar-refractivity contribution in [3.05, 3.63) is 54.1 Å². The van der Waals surface area contributed by atoms with E-state index in [1.54, 1.807) is 24.0 Å². The van der Waals surface area contributed by atoms with E-state index in [1.807, 2.05) is 18.5 Å². The molecule has 1 spiro atoms. The van der Waals surface area contributed by atoms with Gasteiger partial charge in [0.15, 0.2) is 0 Å². The number of aliphatic imine (C=N–C) groups is 1. The maximum atomic E-state index is 9.63. The molecule has 0 bridgehead atoms. The molecule has 0 atom stereocenters. The molecular formula is C25H28N8. The van der Waals surface area contributed by atoms with Crippen LogP contribution >= 0.6 is 0 Å². The van der Waals surface area contributed by atoms with Gasteiger partial charge in [0.25, 0.3) is 0 Å². The van der Waals surface area contributed by atoms with Crippen LogP contribution in [0.5, 0.6) is 0 Å². The van der Waals surface area contributed by atoms with Crippen molar-refractivity contribution in [1.82, 2.24) is 19.9 Å². The monoisotopic (exact) mass is 440 g/mol. The molecule has 8 heteroatoms. The zero-order valence-corrected chi connectivity index (χ0v) is 18.8. The van der Waals surface area contributed by atoms with Crippen molar-refractivity contribution in [3.8, 4) is 17.2 Å². The number of nitrogens with zero attached hydrogens (tertiary/aromatic N) is 6. The SMILES string of the molecule is CN=CC(=CN)c1cc(-c2ccc(N3CCC4(CCNCC4)C3)nc2)c2c(C#N)cnn2c1. The number of fused-ring (bicyclic) bond motifs is 1. The summed E-state index contributed by atoms with van der Waals surface area (Å²) in [6.45, 7) is 4.35. The molecule has 33 heavy (non-hydrogen) atoms. The third kappa shape index (κ3) is 3.85. The molecule has 5 heterocycles. The van der Waals surface area contributed by atoms with Gasteiger partial charge in [-0.05, 0) is 56.0 Å². The Balaban J connectivity index is 1.51. The lowest BCUT2D eigenvalue weighted by Gasteiger charge is -2.33. The van der Waals surface area contributed by atoms with Gasteiger partial charge in [-0.3, -0.25) is 4.99 Å².